The largest absolute Gasteiger partial charge is 0.480 e. The number of rotatable bonds is 10. The van der Waals surface area contributed by atoms with Gasteiger partial charge in [-0.1, -0.05) is 18.2 Å². The first-order valence-corrected chi connectivity index (χ1v) is 12.2. The molecule has 0 saturated carbocycles. The van der Waals surface area contributed by atoms with Crippen LogP contribution in [0.15, 0.2) is 48.8 Å². The summed E-state index contributed by atoms with van der Waals surface area (Å²) in [7, 11) is 0. The van der Waals surface area contributed by atoms with Gasteiger partial charge >= 0.3 is 11.9 Å². The molecule has 0 bridgehead atoms. The van der Waals surface area contributed by atoms with Crippen LogP contribution in [0.1, 0.15) is 69.2 Å². The minimum Gasteiger partial charge on any atom is -0.480 e. The number of aryl methyl sites for hydroxylation is 1. The molecule has 2 atom stereocenters. The van der Waals surface area contributed by atoms with Gasteiger partial charge in [0.2, 0.25) is 0 Å². The van der Waals surface area contributed by atoms with Crippen molar-refractivity contribution in [3.8, 4) is 0 Å². The molecule has 208 valence electrons. The van der Waals surface area contributed by atoms with Crippen molar-refractivity contribution < 1.29 is 33.4 Å². The molecule has 0 aliphatic rings. The zero-order valence-electron chi connectivity index (χ0n) is 21.8. The molecule has 0 radical (unpaired) electrons. The Balaban J connectivity index is 1.66. The van der Waals surface area contributed by atoms with Gasteiger partial charge in [0.1, 0.15) is 12.0 Å². The highest BCUT2D eigenvalue weighted by Crippen LogP contribution is 2.31. The molecule has 2 heterocycles. The van der Waals surface area contributed by atoms with E-state index >= 15 is 0 Å². The lowest BCUT2D eigenvalue weighted by molar-refractivity contribution is -0.139. The topological polar surface area (TPSA) is 150 Å². The fraction of sp³-hybridized carbons (Fsp3) is 0.259. The fourth-order valence-electron chi connectivity index (χ4n) is 4.48. The van der Waals surface area contributed by atoms with Crippen LogP contribution >= 0.6 is 0 Å². The molecule has 11 nitrogen and oxygen atoms in total. The third-order valence-electron chi connectivity index (χ3n) is 6.65. The standard InChI is InChI=1S/C27H26F2N6O5/c1-14-8-18(5-6-19(14)26(39)40)15(2)34(12-24(36)37)16(3)23-10-22(33-27-31-13-32-35(23)27)25(38)30-11-17-4-7-20(28)21(29)9-17/h4-10,13,15-16H,11-12H2,1-3H3,(H,30,38)(H,36,37)(H,39,40)/t15-,16?/m1/s1. The normalized spacial score (nSPS) is 12.8. The van der Waals surface area contributed by atoms with Crippen molar-refractivity contribution in [2.45, 2.75) is 39.4 Å². The van der Waals surface area contributed by atoms with E-state index in [0.29, 0.717) is 22.4 Å². The van der Waals surface area contributed by atoms with Gasteiger partial charge in [0, 0.05) is 12.6 Å². The van der Waals surface area contributed by atoms with Gasteiger partial charge in [-0.2, -0.15) is 14.6 Å². The number of aliphatic carboxylic acids is 1. The predicted molar refractivity (Wildman–Crippen MR) is 138 cm³/mol. The van der Waals surface area contributed by atoms with Gasteiger partial charge in [-0.15, -0.1) is 0 Å². The average Bonchev–Trinajstić information content (AvgIpc) is 3.39. The maximum Gasteiger partial charge on any atom is 0.335 e. The molecule has 0 saturated heterocycles. The number of aromatic carboxylic acids is 1. The highest BCUT2D eigenvalue weighted by molar-refractivity contribution is 5.92. The highest BCUT2D eigenvalue weighted by Gasteiger charge is 2.29. The van der Waals surface area contributed by atoms with E-state index in [4.69, 9.17) is 0 Å². The lowest BCUT2D eigenvalue weighted by atomic mass is 9.98. The molecule has 1 unspecified atom stereocenters. The molecule has 0 spiro atoms. The molecule has 3 N–H and O–H groups in total. The molecular formula is C27H26F2N6O5. The Morgan fingerprint density at radius 1 is 1.02 bits per heavy atom. The van der Waals surface area contributed by atoms with Crippen molar-refractivity contribution >= 4 is 23.6 Å². The number of fused-ring (bicyclic) bond motifs is 1. The zero-order chi connectivity index (χ0) is 29.1. The van der Waals surface area contributed by atoms with E-state index in [1.165, 1.54) is 29.0 Å². The second-order valence-corrected chi connectivity index (χ2v) is 9.27. The summed E-state index contributed by atoms with van der Waals surface area (Å²) in [5.41, 5.74) is 2.11. The summed E-state index contributed by atoms with van der Waals surface area (Å²) in [4.78, 5) is 46.3. The first-order valence-electron chi connectivity index (χ1n) is 12.2. The number of halogens is 2. The van der Waals surface area contributed by atoms with Crippen LogP contribution in [0.25, 0.3) is 5.78 Å². The molecule has 4 rings (SSSR count). The lowest BCUT2D eigenvalue weighted by Gasteiger charge is -2.34. The Hall–Kier alpha value is -4.78. The van der Waals surface area contributed by atoms with Gasteiger partial charge in [-0.25, -0.2) is 18.6 Å². The van der Waals surface area contributed by atoms with Gasteiger partial charge in [-0.3, -0.25) is 14.5 Å². The van der Waals surface area contributed by atoms with Gasteiger partial charge < -0.3 is 15.5 Å². The van der Waals surface area contributed by atoms with E-state index < -0.39 is 41.6 Å². The fourth-order valence-corrected chi connectivity index (χ4v) is 4.48. The van der Waals surface area contributed by atoms with E-state index in [1.54, 1.807) is 37.8 Å². The van der Waals surface area contributed by atoms with Crippen molar-refractivity contribution in [1.29, 1.82) is 0 Å². The number of hydrogen-bond acceptors (Lipinski definition) is 7. The van der Waals surface area contributed by atoms with E-state index in [1.807, 2.05) is 0 Å². The number of carboxylic acids is 2. The van der Waals surface area contributed by atoms with Crippen LogP contribution in [0.5, 0.6) is 0 Å². The molecule has 0 fully saturated rings. The lowest BCUT2D eigenvalue weighted by Crippen LogP contribution is -2.36. The summed E-state index contributed by atoms with van der Waals surface area (Å²) in [5.74, 6) is -4.69. The Labute approximate surface area is 227 Å². The smallest absolute Gasteiger partial charge is 0.335 e. The van der Waals surface area contributed by atoms with Crippen molar-refractivity contribution in [3.63, 3.8) is 0 Å². The van der Waals surface area contributed by atoms with E-state index in [-0.39, 0.29) is 30.1 Å². The van der Waals surface area contributed by atoms with Gasteiger partial charge in [0.05, 0.1) is 23.8 Å². The van der Waals surface area contributed by atoms with E-state index in [0.717, 1.165) is 12.1 Å². The molecule has 2 aromatic heterocycles. The van der Waals surface area contributed by atoms with Crippen molar-refractivity contribution in [3.05, 3.63) is 94.1 Å². The van der Waals surface area contributed by atoms with Crippen molar-refractivity contribution in [1.82, 2.24) is 29.8 Å². The first-order chi connectivity index (χ1) is 19.0. The molecular weight excluding hydrogens is 526 g/mol. The van der Waals surface area contributed by atoms with Crippen LogP contribution < -0.4 is 5.32 Å². The van der Waals surface area contributed by atoms with E-state index in [2.05, 4.69) is 20.4 Å². The third kappa shape index (κ3) is 5.94. The number of nitrogens with one attached hydrogen (secondary N) is 1. The van der Waals surface area contributed by atoms with Crippen LogP contribution in [0.3, 0.4) is 0 Å². The summed E-state index contributed by atoms with van der Waals surface area (Å²) in [5, 5.41) is 25.9. The summed E-state index contributed by atoms with van der Waals surface area (Å²) in [6.45, 7) is 4.74. The number of carbonyl (C=O) groups excluding carboxylic acids is 1. The minimum absolute atomic E-state index is 0.0329. The summed E-state index contributed by atoms with van der Waals surface area (Å²) in [6.07, 6.45) is 1.25. The summed E-state index contributed by atoms with van der Waals surface area (Å²) in [6, 6.07) is 8.46. The van der Waals surface area contributed by atoms with Crippen LogP contribution in [0, 0.1) is 18.6 Å². The number of carbonyl (C=O) groups is 3. The van der Waals surface area contributed by atoms with Crippen LogP contribution in [-0.4, -0.2) is 59.1 Å². The quantitative estimate of drug-likeness (QED) is 0.268. The first kappa shape index (κ1) is 28.2. The Bertz CT molecular complexity index is 1610. The Morgan fingerprint density at radius 2 is 1.77 bits per heavy atom. The maximum atomic E-state index is 13.5. The van der Waals surface area contributed by atoms with Gasteiger partial charge in [0.25, 0.3) is 11.7 Å². The number of carboxylic acid groups (broad SMARTS) is 2. The summed E-state index contributed by atoms with van der Waals surface area (Å²) >= 11 is 0. The monoisotopic (exact) mass is 552 g/mol. The predicted octanol–water partition coefficient (Wildman–Crippen LogP) is 3.55. The molecule has 0 aliphatic carbocycles. The van der Waals surface area contributed by atoms with Crippen LogP contribution in [0.2, 0.25) is 0 Å². The Kier molecular flexibility index (Phi) is 8.14. The molecule has 13 heteroatoms. The van der Waals surface area contributed by atoms with Crippen LogP contribution in [0.4, 0.5) is 8.78 Å². The maximum absolute atomic E-state index is 13.5. The van der Waals surface area contributed by atoms with Crippen LogP contribution in [-0.2, 0) is 11.3 Å². The minimum atomic E-state index is -1.09. The van der Waals surface area contributed by atoms with Gasteiger partial charge in [-0.05, 0) is 61.7 Å². The second kappa shape index (κ2) is 11.5. The number of benzene rings is 2. The second-order valence-electron chi connectivity index (χ2n) is 9.27. The Morgan fingerprint density at radius 3 is 2.42 bits per heavy atom. The highest BCUT2D eigenvalue weighted by atomic mass is 19.2. The molecule has 4 aromatic rings. The number of aromatic nitrogens is 4. The number of hydrogen-bond donors (Lipinski definition) is 3. The molecule has 40 heavy (non-hydrogen) atoms. The van der Waals surface area contributed by atoms with Crippen molar-refractivity contribution in [2.24, 2.45) is 0 Å². The SMILES string of the molecule is Cc1cc([C@@H](C)N(CC(=O)O)C(C)c2cc(C(=O)NCc3ccc(F)c(F)c3)nc3ncnn23)ccc1C(=O)O. The summed E-state index contributed by atoms with van der Waals surface area (Å²) < 4.78 is 28.2. The van der Waals surface area contributed by atoms with Crippen molar-refractivity contribution in [2.75, 3.05) is 6.54 Å². The number of nitrogens with zero attached hydrogens (tertiary/aromatic N) is 5. The average molecular weight is 553 g/mol. The van der Waals surface area contributed by atoms with E-state index in [9.17, 15) is 33.4 Å². The number of amides is 1. The van der Waals surface area contributed by atoms with Gasteiger partial charge in [0.15, 0.2) is 11.6 Å². The zero-order valence-corrected chi connectivity index (χ0v) is 21.8. The third-order valence-corrected chi connectivity index (χ3v) is 6.65. The molecule has 1 amide bonds. The molecule has 2 aromatic carbocycles. The molecule has 0 aliphatic heterocycles.